The molecule has 1 N–H and O–H groups in total. The first kappa shape index (κ1) is 16.9. The van der Waals surface area contributed by atoms with Gasteiger partial charge in [0.25, 0.3) is 0 Å². The summed E-state index contributed by atoms with van der Waals surface area (Å²) in [5.74, 6) is 0.141. The van der Waals surface area contributed by atoms with Crippen molar-refractivity contribution >= 4 is 0 Å². The van der Waals surface area contributed by atoms with Gasteiger partial charge >= 0.3 is 0 Å². The highest BCUT2D eigenvalue weighted by molar-refractivity contribution is 5.36. The number of halogens is 1. The molecular formula is C20H23FO3. The van der Waals surface area contributed by atoms with Crippen LogP contribution in [0.1, 0.15) is 30.9 Å². The van der Waals surface area contributed by atoms with Gasteiger partial charge in [-0.25, -0.2) is 4.39 Å². The molecule has 1 fully saturated rings. The van der Waals surface area contributed by atoms with E-state index < -0.39 is 11.5 Å². The Morgan fingerprint density at radius 2 is 1.88 bits per heavy atom. The summed E-state index contributed by atoms with van der Waals surface area (Å²) in [5.41, 5.74) is 1.33. The second kappa shape index (κ2) is 7.32. The van der Waals surface area contributed by atoms with Crippen molar-refractivity contribution in [3.63, 3.8) is 0 Å². The van der Waals surface area contributed by atoms with E-state index in [9.17, 15) is 9.50 Å². The van der Waals surface area contributed by atoms with Crippen LogP contribution in [-0.4, -0.2) is 24.4 Å². The number of aliphatic hydroxyl groups excluding tert-OH is 1. The number of hydrogen-bond donors (Lipinski definition) is 1. The maximum atomic E-state index is 14.1. The third kappa shape index (κ3) is 3.60. The van der Waals surface area contributed by atoms with Gasteiger partial charge in [-0.2, -0.15) is 0 Å². The van der Waals surface area contributed by atoms with Gasteiger partial charge in [-0.1, -0.05) is 30.3 Å². The fraction of sp³-hybridized carbons (Fsp3) is 0.400. The second-order valence-corrected chi connectivity index (χ2v) is 6.39. The van der Waals surface area contributed by atoms with Gasteiger partial charge in [-0.15, -0.1) is 0 Å². The van der Waals surface area contributed by atoms with Gasteiger partial charge in [0.1, 0.15) is 18.2 Å². The van der Waals surface area contributed by atoms with Gasteiger partial charge in [0.2, 0.25) is 0 Å². The van der Waals surface area contributed by atoms with E-state index in [1.807, 2.05) is 36.4 Å². The molecule has 1 aliphatic heterocycles. The Kier molecular flexibility index (Phi) is 5.17. The van der Waals surface area contributed by atoms with Crippen molar-refractivity contribution in [1.82, 2.24) is 0 Å². The van der Waals surface area contributed by atoms with Crippen LogP contribution >= 0.6 is 0 Å². The normalized spacial score (nSPS) is 18.1. The van der Waals surface area contributed by atoms with Crippen LogP contribution in [-0.2, 0) is 16.8 Å². The zero-order chi connectivity index (χ0) is 17.0. The molecule has 1 atom stereocenters. The van der Waals surface area contributed by atoms with Gasteiger partial charge in [-0.05, 0) is 43.0 Å². The van der Waals surface area contributed by atoms with Crippen molar-refractivity contribution in [3.05, 3.63) is 65.5 Å². The highest BCUT2D eigenvalue weighted by atomic mass is 19.1. The lowest BCUT2D eigenvalue weighted by Gasteiger charge is -2.40. The molecular weight excluding hydrogens is 307 g/mol. The Hall–Kier alpha value is -1.91. The average molecular weight is 330 g/mol. The molecule has 0 unspecified atom stereocenters. The molecule has 0 amide bonds. The molecule has 1 saturated heterocycles. The van der Waals surface area contributed by atoms with Crippen molar-refractivity contribution in [3.8, 4) is 5.75 Å². The monoisotopic (exact) mass is 330 g/mol. The number of aliphatic hydroxyl groups is 1. The lowest BCUT2D eigenvalue weighted by molar-refractivity contribution is -0.00859. The summed E-state index contributed by atoms with van der Waals surface area (Å²) >= 11 is 0. The van der Waals surface area contributed by atoms with Crippen LogP contribution in [0, 0.1) is 5.82 Å². The van der Waals surface area contributed by atoms with Gasteiger partial charge in [0, 0.05) is 24.7 Å². The summed E-state index contributed by atoms with van der Waals surface area (Å²) in [6.07, 6.45) is 0.767. The summed E-state index contributed by atoms with van der Waals surface area (Å²) in [6.45, 7) is 3.29. The lowest BCUT2D eigenvalue weighted by Crippen LogP contribution is -2.43. The summed E-state index contributed by atoms with van der Waals surface area (Å²) in [6, 6.07) is 14.5. The first-order valence-electron chi connectivity index (χ1n) is 8.34. The van der Waals surface area contributed by atoms with Crippen LogP contribution in [0.25, 0.3) is 0 Å². The van der Waals surface area contributed by atoms with E-state index in [4.69, 9.17) is 9.47 Å². The molecule has 0 aliphatic carbocycles. The Morgan fingerprint density at radius 3 is 2.54 bits per heavy atom. The topological polar surface area (TPSA) is 38.7 Å². The molecule has 2 aromatic carbocycles. The summed E-state index contributed by atoms with van der Waals surface area (Å²) in [4.78, 5) is 0. The predicted octanol–water partition coefficient (Wildman–Crippen LogP) is 3.83. The van der Waals surface area contributed by atoms with Gasteiger partial charge in [0.15, 0.2) is 0 Å². The SMILES string of the molecule is C[C@H](O)C1(c2cc(F)cc(OCc3ccccc3)c2)CCOCC1. The molecule has 0 saturated carbocycles. The number of benzene rings is 2. The Bertz CT molecular complexity index is 664. The fourth-order valence-corrected chi connectivity index (χ4v) is 3.36. The molecule has 0 spiro atoms. The molecule has 24 heavy (non-hydrogen) atoms. The highest BCUT2D eigenvalue weighted by Crippen LogP contribution is 2.39. The van der Waals surface area contributed by atoms with Crippen LogP contribution in [0.3, 0.4) is 0 Å². The number of rotatable bonds is 5. The molecule has 0 aromatic heterocycles. The van der Waals surface area contributed by atoms with Crippen LogP contribution in [0.5, 0.6) is 5.75 Å². The molecule has 4 heteroatoms. The first-order chi connectivity index (χ1) is 11.6. The Morgan fingerprint density at radius 1 is 1.17 bits per heavy atom. The molecule has 1 heterocycles. The molecule has 3 rings (SSSR count). The third-order valence-electron chi connectivity index (χ3n) is 4.88. The lowest BCUT2D eigenvalue weighted by atomic mass is 9.70. The van der Waals surface area contributed by atoms with Crippen molar-refractivity contribution in [2.24, 2.45) is 0 Å². The molecule has 0 radical (unpaired) electrons. The predicted molar refractivity (Wildman–Crippen MR) is 90.6 cm³/mol. The largest absolute Gasteiger partial charge is 0.489 e. The van der Waals surface area contributed by atoms with Crippen molar-refractivity contribution in [2.45, 2.75) is 37.9 Å². The standard InChI is InChI=1S/C20H23FO3/c1-15(22)20(7-9-23-10-8-20)17-11-18(21)13-19(12-17)24-14-16-5-3-2-4-6-16/h2-6,11-13,15,22H,7-10,14H2,1H3/t15-/m0/s1. The number of hydrogen-bond acceptors (Lipinski definition) is 3. The molecule has 0 bridgehead atoms. The van der Waals surface area contributed by atoms with Gasteiger partial charge < -0.3 is 14.6 Å². The van der Waals surface area contributed by atoms with Gasteiger partial charge in [-0.3, -0.25) is 0 Å². The Labute approximate surface area is 142 Å². The van der Waals surface area contributed by atoms with E-state index in [0.717, 1.165) is 11.1 Å². The summed E-state index contributed by atoms with van der Waals surface area (Å²) in [5, 5.41) is 10.4. The maximum absolute atomic E-state index is 14.1. The van der Waals surface area contributed by atoms with E-state index in [-0.39, 0.29) is 5.82 Å². The minimum atomic E-state index is -0.579. The van der Waals surface area contributed by atoms with Crippen LogP contribution in [0.2, 0.25) is 0 Å². The maximum Gasteiger partial charge on any atom is 0.127 e. The van der Waals surface area contributed by atoms with Crippen molar-refractivity contribution in [2.75, 3.05) is 13.2 Å². The van der Waals surface area contributed by atoms with E-state index in [2.05, 4.69) is 0 Å². The molecule has 1 aliphatic rings. The zero-order valence-corrected chi connectivity index (χ0v) is 13.9. The highest BCUT2D eigenvalue weighted by Gasteiger charge is 2.39. The van der Waals surface area contributed by atoms with Crippen LogP contribution in [0.4, 0.5) is 4.39 Å². The Balaban J connectivity index is 1.85. The van der Waals surface area contributed by atoms with E-state index in [0.29, 0.717) is 38.4 Å². The second-order valence-electron chi connectivity index (χ2n) is 6.39. The van der Waals surface area contributed by atoms with Gasteiger partial charge in [0.05, 0.1) is 6.10 Å². The smallest absolute Gasteiger partial charge is 0.127 e. The summed E-state index contributed by atoms with van der Waals surface area (Å²) in [7, 11) is 0. The van der Waals surface area contributed by atoms with Crippen LogP contribution < -0.4 is 4.74 Å². The van der Waals surface area contributed by atoms with Crippen LogP contribution in [0.15, 0.2) is 48.5 Å². The third-order valence-corrected chi connectivity index (χ3v) is 4.88. The zero-order valence-electron chi connectivity index (χ0n) is 13.9. The molecule has 3 nitrogen and oxygen atoms in total. The number of ether oxygens (including phenoxy) is 2. The minimum absolute atomic E-state index is 0.345. The summed E-state index contributed by atoms with van der Waals surface area (Å²) < 4.78 is 25.4. The average Bonchev–Trinajstić information content (AvgIpc) is 2.61. The van der Waals surface area contributed by atoms with Crippen molar-refractivity contribution < 1.29 is 19.0 Å². The van der Waals surface area contributed by atoms with E-state index in [1.54, 1.807) is 6.92 Å². The van der Waals surface area contributed by atoms with Crippen molar-refractivity contribution in [1.29, 1.82) is 0 Å². The van der Waals surface area contributed by atoms with E-state index in [1.165, 1.54) is 12.1 Å². The fourth-order valence-electron chi connectivity index (χ4n) is 3.36. The molecule has 2 aromatic rings. The van der Waals surface area contributed by atoms with E-state index >= 15 is 0 Å². The first-order valence-corrected chi connectivity index (χ1v) is 8.34. The minimum Gasteiger partial charge on any atom is -0.489 e. The quantitative estimate of drug-likeness (QED) is 0.905. The molecule has 128 valence electrons.